The highest BCUT2D eigenvalue weighted by Gasteiger charge is 2.27. The summed E-state index contributed by atoms with van der Waals surface area (Å²) in [6.07, 6.45) is 7.36. The highest BCUT2D eigenvalue weighted by molar-refractivity contribution is 6.05. The lowest BCUT2D eigenvalue weighted by atomic mass is 10.0. The van der Waals surface area contributed by atoms with E-state index >= 15 is 0 Å². The van der Waals surface area contributed by atoms with Gasteiger partial charge in [-0.2, -0.15) is 0 Å². The number of carbonyl (C=O) groups is 1. The minimum Gasteiger partial charge on any atom is -0.365 e. The molecule has 150 valence electrons. The topological polar surface area (TPSA) is 62.5 Å². The molecule has 6 nitrogen and oxygen atoms in total. The van der Waals surface area contributed by atoms with E-state index < -0.39 is 0 Å². The maximum atomic E-state index is 12.9. The van der Waals surface area contributed by atoms with E-state index in [0.717, 1.165) is 41.4 Å². The molecule has 4 aromatic rings. The summed E-state index contributed by atoms with van der Waals surface area (Å²) in [5.41, 5.74) is 6.92. The summed E-state index contributed by atoms with van der Waals surface area (Å²) in [5, 5.41) is 3.01. The molecule has 1 amide bonds. The van der Waals surface area contributed by atoms with Crippen LogP contribution < -0.4 is 10.2 Å². The van der Waals surface area contributed by atoms with Gasteiger partial charge in [0.05, 0.1) is 24.6 Å². The van der Waals surface area contributed by atoms with Gasteiger partial charge in [-0.1, -0.05) is 25.1 Å². The maximum absolute atomic E-state index is 12.9. The van der Waals surface area contributed by atoms with Crippen LogP contribution >= 0.6 is 0 Å². The zero-order valence-electron chi connectivity index (χ0n) is 17.0. The number of aryl methyl sites for hydroxylation is 1. The van der Waals surface area contributed by atoms with Crippen molar-refractivity contribution < 1.29 is 4.79 Å². The Morgan fingerprint density at radius 2 is 2.10 bits per heavy atom. The van der Waals surface area contributed by atoms with E-state index in [1.807, 2.05) is 55.7 Å². The van der Waals surface area contributed by atoms with Crippen LogP contribution in [0.15, 0.2) is 67.3 Å². The number of imidazole rings is 1. The van der Waals surface area contributed by atoms with Gasteiger partial charge >= 0.3 is 0 Å². The Hall–Kier alpha value is -3.67. The van der Waals surface area contributed by atoms with Crippen molar-refractivity contribution in [2.75, 3.05) is 16.8 Å². The highest BCUT2D eigenvalue weighted by atomic mass is 16.1. The third-order valence-corrected chi connectivity index (χ3v) is 5.68. The molecule has 6 heteroatoms. The minimum atomic E-state index is -0.0937. The molecular weight excluding hydrogens is 374 g/mol. The zero-order chi connectivity index (χ0) is 20.7. The molecule has 1 aliphatic rings. The van der Waals surface area contributed by atoms with Crippen LogP contribution in [0.3, 0.4) is 0 Å². The predicted octanol–water partition coefficient (Wildman–Crippen LogP) is 4.41. The number of rotatable bonds is 4. The quantitative estimate of drug-likeness (QED) is 0.554. The van der Waals surface area contributed by atoms with Gasteiger partial charge in [0.15, 0.2) is 5.65 Å². The number of benzene rings is 2. The van der Waals surface area contributed by atoms with E-state index in [9.17, 15) is 4.79 Å². The lowest BCUT2D eigenvalue weighted by Gasteiger charge is -2.20. The molecule has 1 N–H and O–H groups in total. The van der Waals surface area contributed by atoms with E-state index in [0.29, 0.717) is 11.5 Å². The SMILES string of the molecule is Cc1cccc(NC(=O)c2ccc3c(c2)N(Cc2cnc4cnccn24)CC3C)c1. The maximum Gasteiger partial charge on any atom is 0.255 e. The third kappa shape index (κ3) is 3.30. The number of fused-ring (bicyclic) bond motifs is 2. The number of hydrogen-bond donors (Lipinski definition) is 1. The van der Waals surface area contributed by atoms with E-state index in [4.69, 9.17) is 0 Å². The van der Waals surface area contributed by atoms with Crippen LogP contribution in [-0.4, -0.2) is 26.8 Å². The van der Waals surface area contributed by atoms with Crippen LogP contribution in [0.25, 0.3) is 5.65 Å². The van der Waals surface area contributed by atoms with E-state index in [1.165, 1.54) is 5.56 Å². The molecule has 0 radical (unpaired) electrons. The van der Waals surface area contributed by atoms with Gasteiger partial charge in [0.2, 0.25) is 0 Å². The third-order valence-electron chi connectivity index (χ3n) is 5.68. The summed E-state index contributed by atoms with van der Waals surface area (Å²) in [6, 6.07) is 13.9. The monoisotopic (exact) mass is 397 g/mol. The Kier molecular flexibility index (Phi) is 4.47. The van der Waals surface area contributed by atoms with Gasteiger partial charge in [0, 0.05) is 41.8 Å². The standard InChI is InChI=1S/C24H23N5O/c1-16-4-3-5-19(10-16)27-24(30)18-6-7-21-17(2)14-28(22(21)11-18)15-20-12-26-23-13-25-8-9-29(20)23/h3-13,17H,14-15H2,1-2H3,(H,27,30). The molecule has 3 heterocycles. The molecule has 0 saturated heterocycles. The van der Waals surface area contributed by atoms with Gasteiger partial charge in [-0.05, 0) is 42.3 Å². The van der Waals surface area contributed by atoms with Crippen LogP contribution in [0, 0.1) is 6.92 Å². The summed E-state index contributed by atoms with van der Waals surface area (Å²) in [5.74, 6) is 0.318. The first-order chi connectivity index (χ1) is 14.6. The van der Waals surface area contributed by atoms with Crippen molar-refractivity contribution in [1.82, 2.24) is 14.4 Å². The van der Waals surface area contributed by atoms with Gasteiger partial charge < -0.3 is 10.2 Å². The van der Waals surface area contributed by atoms with Crippen LogP contribution in [0.4, 0.5) is 11.4 Å². The van der Waals surface area contributed by atoms with Crippen LogP contribution in [0.5, 0.6) is 0 Å². The fraction of sp³-hybridized carbons (Fsp3) is 0.208. The second-order valence-electron chi connectivity index (χ2n) is 7.93. The molecule has 1 atom stereocenters. The number of carbonyl (C=O) groups excluding carboxylic acids is 1. The molecule has 2 aromatic heterocycles. The first kappa shape index (κ1) is 18.4. The van der Waals surface area contributed by atoms with Gasteiger partial charge in [-0.15, -0.1) is 0 Å². The Morgan fingerprint density at radius 1 is 1.20 bits per heavy atom. The largest absolute Gasteiger partial charge is 0.365 e. The number of nitrogens with zero attached hydrogens (tertiary/aromatic N) is 4. The average molecular weight is 397 g/mol. The molecule has 5 rings (SSSR count). The van der Waals surface area contributed by atoms with Crippen molar-refractivity contribution in [2.45, 2.75) is 26.3 Å². The Balaban J connectivity index is 1.42. The molecule has 30 heavy (non-hydrogen) atoms. The van der Waals surface area contributed by atoms with Crippen molar-refractivity contribution in [3.8, 4) is 0 Å². The second-order valence-corrected chi connectivity index (χ2v) is 7.93. The van der Waals surface area contributed by atoms with Crippen LogP contribution in [0.2, 0.25) is 0 Å². The number of anilines is 2. The van der Waals surface area contributed by atoms with Crippen molar-refractivity contribution in [2.24, 2.45) is 0 Å². The predicted molar refractivity (Wildman–Crippen MR) is 118 cm³/mol. The van der Waals surface area contributed by atoms with Crippen molar-refractivity contribution >= 4 is 22.9 Å². The normalized spacial score (nSPS) is 15.4. The number of amides is 1. The summed E-state index contributed by atoms with van der Waals surface area (Å²) < 4.78 is 2.06. The van der Waals surface area contributed by atoms with Gasteiger partial charge in [0.25, 0.3) is 5.91 Å². The Morgan fingerprint density at radius 3 is 2.97 bits per heavy atom. The molecular formula is C24H23N5O. The van der Waals surface area contributed by atoms with E-state index in [1.54, 1.807) is 12.4 Å². The molecule has 0 bridgehead atoms. The number of hydrogen-bond acceptors (Lipinski definition) is 4. The van der Waals surface area contributed by atoms with E-state index in [2.05, 4.69) is 37.6 Å². The Bertz CT molecular complexity index is 1250. The molecule has 2 aromatic carbocycles. The fourth-order valence-corrected chi connectivity index (χ4v) is 4.19. The average Bonchev–Trinajstić information content (AvgIpc) is 3.29. The molecule has 0 fully saturated rings. The van der Waals surface area contributed by atoms with Gasteiger partial charge in [-0.3, -0.25) is 14.2 Å². The van der Waals surface area contributed by atoms with Crippen molar-refractivity contribution in [1.29, 1.82) is 0 Å². The van der Waals surface area contributed by atoms with Crippen molar-refractivity contribution in [3.05, 3.63) is 89.6 Å². The molecule has 0 aliphatic carbocycles. The smallest absolute Gasteiger partial charge is 0.255 e. The summed E-state index contributed by atoms with van der Waals surface area (Å²) in [7, 11) is 0. The molecule has 0 saturated carbocycles. The highest BCUT2D eigenvalue weighted by Crippen LogP contribution is 2.37. The second kappa shape index (κ2) is 7.30. The minimum absolute atomic E-state index is 0.0937. The molecule has 0 spiro atoms. The first-order valence-electron chi connectivity index (χ1n) is 10.1. The summed E-state index contributed by atoms with van der Waals surface area (Å²) in [6.45, 7) is 5.88. The Labute approximate surface area is 175 Å². The lowest BCUT2D eigenvalue weighted by Crippen LogP contribution is -2.22. The van der Waals surface area contributed by atoms with Crippen LogP contribution in [0.1, 0.15) is 40.0 Å². The summed E-state index contributed by atoms with van der Waals surface area (Å²) in [4.78, 5) is 23.8. The van der Waals surface area contributed by atoms with Crippen molar-refractivity contribution in [3.63, 3.8) is 0 Å². The van der Waals surface area contributed by atoms with E-state index in [-0.39, 0.29) is 5.91 Å². The van der Waals surface area contributed by atoms with Crippen LogP contribution in [-0.2, 0) is 6.54 Å². The zero-order valence-corrected chi connectivity index (χ0v) is 17.0. The molecule has 1 aliphatic heterocycles. The number of aromatic nitrogens is 3. The summed E-state index contributed by atoms with van der Waals surface area (Å²) >= 11 is 0. The first-order valence-corrected chi connectivity index (χ1v) is 10.1. The fourth-order valence-electron chi connectivity index (χ4n) is 4.19. The van der Waals surface area contributed by atoms with Gasteiger partial charge in [0.1, 0.15) is 0 Å². The number of nitrogens with one attached hydrogen (secondary N) is 1. The van der Waals surface area contributed by atoms with Gasteiger partial charge in [-0.25, -0.2) is 4.98 Å². The lowest BCUT2D eigenvalue weighted by molar-refractivity contribution is 0.102. The molecule has 1 unspecified atom stereocenters.